The van der Waals surface area contributed by atoms with Crippen molar-refractivity contribution in [3.63, 3.8) is 0 Å². The van der Waals surface area contributed by atoms with Crippen molar-refractivity contribution in [3.05, 3.63) is 30.1 Å². The smallest absolute Gasteiger partial charge is 0.198 e. The Kier molecular flexibility index (Phi) is 4.18. The van der Waals surface area contributed by atoms with E-state index in [-0.39, 0.29) is 11.6 Å². The van der Waals surface area contributed by atoms with Gasteiger partial charge >= 0.3 is 0 Å². The van der Waals surface area contributed by atoms with Crippen molar-refractivity contribution in [2.45, 2.75) is 0 Å². The number of nitrogens with zero attached hydrogens (tertiary/aromatic N) is 2. The molecule has 0 atom stereocenters. The third-order valence-electron chi connectivity index (χ3n) is 3.04. The normalized spacial score (nSPS) is 15.9. The van der Waals surface area contributed by atoms with Gasteiger partial charge in [-0.15, -0.1) is 0 Å². The predicted molar refractivity (Wildman–Crippen MR) is 79.5 cm³/mol. The van der Waals surface area contributed by atoms with Gasteiger partial charge in [-0.05, 0) is 35.8 Å². The van der Waals surface area contributed by atoms with Crippen LogP contribution in [0.15, 0.2) is 24.3 Å². The van der Waals surface area contributed by atoms with Crippen LogP contribution in [0.2, 0.25) is 0 Å². The Bertz CT molecular complexity index is 599. The Morgan fingerprint density at radius 3 is 2.67 bits per heavy atom. The molecule has 2 heterocycles. The van der Waals surface area contributed by atoms with Gasteiger partial charge < -0.3 is 15.2 Å². The highest BCUT2D eigenvalue weighted by Crippen LogP contribution is 2.37. The first kappa shape index (κ1) is 14.1. The Morgan fingerprint density at radius 2 is 1.95 bits per heavy atom. The molecule has 3 rings (SSSR count). The van der Waals surface area contributed by atoms with Crippen molar-refractivity contribution in [1.29, 1.82) is 0 Å². The van der Waals surface area contributed by atoms with Crippen molar-refractivity contribution in [1.82, 2.24) is 9.38 Å². The quantitative estimate of drug-likeness (QED) is 0.805. The SMILES string of the molecule is Oc1c(NN2CCOCC2)nsc1Nc1ccc(F)cc1. The van der Waals surface area contributed by atoms with Gasteiger partial charge in [0.15, 0.2) is 16.6 Å². The monoisotopic (exact) mass is 310 g/mol. The van der Waals surface area contributed by atoms with Gasteiger partial charge in [0, 0.05) is 18.8 Å². The molecule has 0 saturated carbocycles. The molecule has 112 valence electrons. The highest BCUT2D eigenvalue weighted by molar-refractivity contribution is 7.11. The summed E-state index contributed by atoms with van der Waals surface area (Å²) in [6.45, 7) is 2.77. The van der Waals surface area contributed by atoms with Crippen LogP contribution < -0.4 is 10.7 Å². The number of morpholine rings is 1. The van der Waals surface area contributed by atoms with Gasteiger partial charge in [0.05, 0.1) is 13.2 Å². The number of hydrazine groups is 1. The summed E-state index contributed by atoms with van der Waals surface area (Å²) in [5.41, 5.74) is 3.76. The van der Waals surface area contributed by atoms with Crippen LogP contribution in [0, 0.1) is 5.82 Å². The van der Waals surface area contributed by atoms with Crippen molar-refractivity contribution in [2.24, 2.45) is 0 Å². The fraction of sp³-hybridized carbons (Fsp3) is 0.308. The number of rotatable bonds is 4. The average Bonchev–Trinajstić information content (AvgIpc) is 2.84. The lowest BCUT2D eigenvalue weighted by Gasteiger charge is -2.26. The first-order chi connectivity index (χ1) is 10.2. The molecule has 0 unspecified atom stereocenters. The van der Waals surface area contributed by atoms with Gasteiger partial charge in [-0.2, -0.15) is 4.37 Å². The van der Waals surface area contributed by atoms with E-state index in [4.69, 9.17) is 4.74 Å². The molecule has 21 heavy (non-hydrogen) atoms. The minimum Gasteiger partial charge on any atom is -0.502 e. The molecule has 1 aliphatic rings. The summed E-state index contributed by atoms with van der Waals surface area (Å²) in [6.07, 6.45) is 0. The molecule has 0 amide bonds. The standard InChI is InChI=1S/C13H15FN4O2S/c14-9-1-3-10(4-2-9)15-13-11(19)12(17-21-13)16-18-5-7-20-8-6-18/h1-4,15,19H,5-8H2,(H,16,17). The summed E-state index contributed by atoms with van der Waals surface area (Å²) < 4.78 is 22.3. The number of aromatic hydroxyl groups is 1. The van der Waals surface area contributed by atoms with E-state index in [1.54, 1.807) is 12.1 Å². The van der Waals surface area contributed by atoms with Crippen LogP contribution in [0.5, 0.6) is 5.75 Å². The lowest BCUT2D eigenvalue weighted by molar-refractivity contribution is 0.0494. The molecule has 1 fully saturated rings. The van der Waals surface area contributed by atoms with Crippen LogP contribution in [0.25, 0.3) is 0 Å². The molecule has 0 aliphatic carbocycles. The number of benzene rings is 1. The van der Waals surface area contributed by atoms with Crippen LogP contribution >= 0.6 is 11.5 Å². The van der Waals surface area contributed by atoms with Gasteiger partial charge in [-0.3, -0.25) is 5.43 Å². The molecule has 0 bridgehead atoms. The molecule has 1 aromatic heterocycles. The van der Waals surface area contributed by atoms with Gasteiger partial charge in [0.1, 0.15) is 5.82 Å². The molecular weight excluding hydrogens is 295 g/mol. The van der Waals surface area contributed by atoms with E-state index in [9.17, 15) is 9.50 Å². The summed E-state index contributed by atoms with van der Waals surface area (Å²) in [4.78, 5) is 0. The number of ether oxygens (including phenoxy) is 1. The fourth-order valence-electron chi connectivity index (χ4n) is 1.93. The largest absolute Gasteiger partial charge is 0.502 e. The van der Waals surface area contributed by atoms with E-state index < -0.39 is 0 Å². The highest BCUT2D eigenvalue weighted by Gasteiger charge is 2.17. The number of nitrogens with one attached hydrogen (secondary N) is 2. The number of aromatic nitrogens is 1. The zero-order valence-corrected chi connectivity index (χ0v) is 12.0. The summed E-state index contributed by atoms with van der Waals surface area (Å²) in [6, 6.07) is 5.91. The second-order valence-corrected chi connectivity index (χ2v) is 5.33. The van der Waals surface area contributed by atoms with E-state index in [1.807, 2.05) is 5.01 Å². The maximum atomic E-state index is 12.9. The topological polar surface area (TPSA) is 69.7 Å². The second-order valence-electron chi connectivity index (χ2n) is 4.55. The average molecular weight is 310 g/mol. The molecular formula is C13H15FN4O2S. The lowest BCUT2D eigenvalue weighted by atomic mass is 10.3. The highest BCUT2D eigenvalue weighted by atomic mass is 32.1. The first-order valence-electron chi connectivity index (χ1n) is 6.53. The van der Waals surface area contributed by atoms with E-state index >= 15 is 0 Å². The minimum absolute atomic E-state index is 0.0517. The predicted octanol–water partition coefficient (Wildman–Crippen LogP) is 2.39. The van der Waals surface area contributed by atoms with Gasteiger partial charge in [0.2, 0.25) is 0 Å². The number of hydrogen-bond donors (Lipinski definition) is 3. The maximum Gasteiger partial charge on any atom is 0.198 e. The fourth-order valence-corrected chi connectivity index (χ4v) is 2.59. The van der Waals surface area contributed by atoms with Gasteiger partial charge in [0.25, 0.3) is 0 Å². The summed E-state index contributed by atoms with van der Waals surface area (Å²) >= 11 is 1.14. The third kappa shape index (κ3) is 3.41. The number of halogens is 1. The molecule has 8 heteroatoms. The Balaban J connectivity index is 1.68. The van der Waals surface area contributed by atoms with Crippen LogP contribution in [-0.2, 0) is 4.74 Å². The lowest BCUT2D eigenvalue weighted by Crippen LogP contribution is -2.40. The summed E-state index contributed by atoms with van der Waals surface area (Å²) in [5.74, 6) is 0.158. The van der Waals surface area contributed by atoms with Crippen molar-refractivity contribution in [3.8, 4) is 5.75 Å². The van der Waals surface area contributed by atoms with E-state index in [2.05, 4.69) is 15.1 Å². The molecule has 3 N–H and O–H groups in total. The number of anilines is 3. The number of hydrogen-bond acceptors (Lipinski definition) is 7. The Morgan fingerprint density at radius 1 is 1.24 bits per heavy atom. The van der Waals surface area contributed by atoms with E-state index in [0.29, 0.717) is 29.7 Å². The summed E-state index contributed by atoms with van der Waals surface area (Å²) in [5, 5.41) is 15.6. The zero-order chi connectivity index (χ0) is 14.7. The molecule has 6 nitrogen and oxygen atoms in total. The van der Waals surface area contributed by atoms with Gasteiger partial charge in [-0.1, -0.05) is 0 Å². The van der Waals surface area contributed by atoms with Crippen molar-refractivity contribution in [2.75, 3.05) is 37.0 Å². The van der Waals surface area contributed by atoms with Crippen LogP contribution in [0.3, 0.4) is 0 Å². The van der Waals surface area contributed by atoms with E-state index in [0.717, 1.165) is 24.6 Å². The maximum absolute atomic E-state index is 12.9. The molecule has 1 saturated heterocycles. The zero-order valence-electron chi connectivity index (χ0n) is 11.2. The molecule has 0 radical (unpaired) electrons. The third-order valence-corrected chi connectivity index (χ3v) is 3.80. The summed E-state index contributed by atoms with van der Waals surface area (Å²) in [7, 11) is 0. The molecule has 1 aromatic carbocycles. The first-order valence-corrected chi connectivity index (χ1v) is 7.30. The second kappa shape index (κ2) is 6.25. The van der Waals surface area contributed by atoms with Crippen molar-refractivity contribution >= 4 is 28.0 Å². The Hall–Kier alpha value is -1.90. The Labute approximate surface area is 125 Å². The van der Waals surface area contributed by atoms with E-state index in [1.165, 1.54) is 12.1 Å². The van der Waals surface area contributed by atoms with Crippen LogP contribution in [-0.4, -0.2) is 40.8 Å². The minimum atomic E-state index is -0.302. The van der Waals surface area contributed by atoms with Crippen LogP contribution in [0.4, 0.5) is 20.9 Å². The molecule has 0 spiro atoms. The molecule has 2 aromatic rings. The van der Waals surface area contributed by atoms with Crippen LogP contribution in [0.1, 0.15) is 0 Å². The molecule has 1 aliphatic heterocycles. The van der Waals surface area contributed by atoms with Gasteiger partial charge in [-0.25, -0.2) is 9.40 Å². The van der Waals surface area contributed by atoms with Crippen molar-refractivity contribution < 1.29 is 14.2 Å².